The van der Waals surface area contributed by atoms with Gasteiger partial charge in [-0.2, -0.15) is 0 Å². The average Bonchev–Trinajstić information content (AvgIpc) is 2.38. The molecule has 0 saturated heterocycles. The molecule has 0 aliphatic rings. The Morgan fingerprint density at radius 1 is 1.05 bits per heavy atom. The molecule has 0 amide bonds. The van der Waals surface area contributed by atoms with Crippen molar-refractivity contribution in [2.24, 2.45) is 0 Å². The normalized spacial score (nSPS) is 11.7. The van der Waals surface area contributed by atoms with E-state index in [9.17, 15) is 5.11 Å². The van der Waals surface area contributed by atoms with Gasteiger partial charge in [-0.15, -0.1) is 0 Å². The lowest BCUT2D eigenvalue weighted by Crippen LogP contribution is -2.10. The lowest BCUT2D eigenvalue weighted by molar-refractivity contribution is 0.279. The fourth-order valence-corrected chi connectivity index (χ4v) is 3.12. The molecule has 0 fully saturated rings. The maximum absolute atomic E-state index is 9.38. The molecule has 1 nitrogen and oxygen atoms in total. The van der Waals surface area contributed by atoms with Gasteiger partial charge < -0.3 is 5.11 Å². The molecule has 0 atom stereocenters. The molecule has 0 bridgehead atoms. The summed E-state index contributed by atoms with van der Waals surface area (Å²) >= 11 is 7.66. The van der Waals surface area contributed by atoms with Crippen molar-refractivity contribution in [1.82, 2.24) is 0 Å². The van der Waals surface area contributed by atoms with Crippen LogP contribution in [-0.4, -0.2) is 5.11 Å². The largest absolute Gasteiger partial charge is 0.392 e. The van der Waals surface area contributed by atoms with Crippen LogP contribution in [0.5, 0.6) is 0 Å². The van der Waals surface area contributed by atoms with Gasteiger partial charge in [0.2, 0.25) is 0 Å². The minimum Gasteiger partial charge on any atom is -0.392 e. The fourth-order valence-electron chi connectivity index (χ4n) is 1.90. The van der Waals surface area contributed by atoms with E-state index in [0.29, 0.717) is 5.02 Å². The van der Waals surface area contributed by atoms with Gasteiger partial charge in [0.05, 0.1) is 6.61 Å². The van der Waals surface area contributed by atoms with Gasteiger partial charge in [-0.25, -0.2) is 0 Å². The molecule has 0 saturated carbocycles. The van der Waals surface area contributed by atoms with Crippen molar-refractivity contribution in [3.8, 4) is 0 Å². The molecule has 0 aliphatic carbocycles. The van der Waals surface area contributed by atoms with Gasteiger partial charge in [-0.1, -0.05) is 62.3 Å². The maximum Gasteiger partial charge on any atom is 0.0692 e. The minimum absolute atomic E-state index is 0.0274. The molecule has 3 heteroatoms. The first-order valence-corrected chi connectivity index (χ1v) is 7.77. The van der Waals surface area contributed by atoms with Gasteiger partial charge in [0.15, 0.2) is 0 Å². The average molecular weight is 307 g/mol. The van der Waals surface area contributed by atoms with Gasteiger partial charge in [-0.3, -0.25) is 0 Å². The molecule has 20 heavy (non-hydrogen) atoms. The number of aliphatic hydroxyl groups excluding tert-OH is 1. The van der Waals surface area contributed by atoms with E-state index >= 15 is 0 Å². The van der Waals surface area contributed by atoms with Crippen LogP contribution in [0.25, 0.3) is 0 Å². The van der Waals surface area contributed by atoms with Crippen LogP contribution in [0.1, 0.15) is 31.9 Å². The summed E-state index contributed by atoms with van der Waals surface area (Å²) < 4.78 is 0. The quantitative estimate of drug-likeness (QED) is 0.832. The predicted octanol–water partition coefficient (Wildman–Crippen LogP) is 5.28. The molecule has 0 spiro atoms. The summed E-state index contributed by atoms with van der Waals surface area (Å²) in [4.78, 5) is 2.15. The molecule has 2 aromatic carbocycles. The van der Waals surface area contributed by atoms with Crippen LogP contribution in [0.15, 0.2) is 52.3 Å². The lowest BCUT2D eigenvalue weighted by Gasteiger charge is -2.19. The van der Waals surface area contributed by atoms with Crippen molar-refractivity contribution in [1.29, 1.82) is 0 Å². The molecule has 2 aromatic rings. The zero-order valence-electron chi connectivity index (χ0n) is 12.0. The Bertz CT molecular complexity index is 585. The summed E-state index contributed by atoms with van der Waals surface area (Å²) in [5.74, 6) is 0. The van der Waals surface area contributed by atoms with Gasteiger partial charge in [0.1, 0.15) is 0 Å². The summed E-state index contributed by atoms with van der Waals surface area (Å²) in [6.07, 6.45) is 0. The molecular weight excluding hydrogens is 288 g/mol. The summed E-state index contributed by atoms with van der Waals surface area (Å²) in [5, 5.41) is 10.1. The number of aliphatic hydroxyl groups is 1. The Morgan fingerprint density at radius 2 is 1.70 bits per heavy atom. The fraction of sp³-hybridized carbons (Fsp3) is 0.294. The highest BCUT2D eigenvalue weighted by atomic mass is 35.5. The second-order valence-corrected chi connectivity index (χ2v) is 7.34. The molecular formula is C17H19ClOS. The van der Waals surface area contributed by atoms with E-state index in [1.165, 1.54) is 5.56 Å². The summed E-state index contributed by atoms with van der Waals surface area (Å²) in [5.41, 5.74) is 2.38. The predicted molar refractivity (Wildman–Crippen MR) is 86.6 cm³/mol. The number of rotatable bonds is 3. The zero-order chi connectivity index (χ0) is 14.8. The van der Waals surface area contributed by atoms with E-state index in [2.05, 4.69) is 45.0 Å². The molecule has 0 unspecified atom stereocenters. The Kier molecular flexibility index (Phi) is 4.79. The maximum atomic E-state index is 9.38. The standard InChI is InChI=1S/C17H19ClOS/c1-17(2,3)13-5-8-15(9-6-13)20-16-10-14(18)7-4-12(16)11-19/h4-10,19H,11H2,1-3H3. The highest BCUT2D eigenvalue weighted by Gasteiger charge is 2.13. The van der Waals surface area contributed by atoms with Gasteiger partial charge in [-0.05, 0) is 40.8 Å². The summed E-state index contributed by atoms with van der Waals surface area (Å²) in [6.45, 7) is 6.64. The Labute approximate surface area is 130 Å². The Morgan fingerprint density at radius 3 is 2.25 bits per heavy atom. The number of hydrogen-bond acceptors (Lipinski definition) is 2. The van der Waals surface area contributed by atoms with Crippen molar-refractivity contribution < 1.29 is 5.11 Å². The molecule has 0 radical (unpaired) electrons. The van der Waals surface area contributed by atoms with Crippen molar-refractivity contribution in [3.05, 3.63) is 58.6 Å². The topological polar surface area (TPSA) is 20.2 Å². The third kappa shape index (κ3) is 3.78. The van der Waals surface area contributed by atoms with Gasteiger partial charge >= 0.3 is 0 Å². The van der Waals surface area contributed by atoms with Crippen molar-refractivity contribution in [3.63, 3.8) is 0 Å². The van der Waals surface area contributed by atoms with Crippen LogP contribution in [0.2, 0.25) is 5.02 Å². The van der Waals surface area contributed by atoms with E-state index in [4.69, 9.17) is 11.6 Å². The third-order valence-corrected chi connectivity index (χ3v) is 4.49. The van der Waals surface area contributed by atoms with Crippen LogP contribution in [-0.2, 0) is 12.0 Å². The zero-order valence-corrected chi connectivity index (χ0v) is 13.6. The van der Waals surface area contributed by atoms with Crippen molar-refractivity contribution in [2.45, 2.75) is 42.6 Å². The SMILES string of the molecule is CC(C)(C)c1ccc(Sc2cc(Cl)ccc2CO)cc1. The van der Waals surface area contributed by atoms with E-state index < -0.39 is 0 Å². The molecule has 0 aromatic heterocycles. The minimum atomic E-state index is 0.0274. The number of hydrogen-bond donors (Lipinski definition) is 1. The van der Waals surface area contributed by atoms with E-state index in [1.54, 1.807) is 17.8 Å². The van der Waals surface area contributed by atoms with E-state index in [0.717, 1.165) is 15.4 Å². The van der Waals surface area contributed by atoms with Gasteiger partial charge in [0, 0.05) is 14.8 Å². The molecule has 0 aliphatic heterocycles. The van der Waals surface area contributed by atoms with Crippen LogP contribution in [0.3, 0.4) is 0 Å². The smallest absolute Gasteiger partial charge is 0.0692 e. The number of benzene rings is 2. The first-order valence-electron chi connectivity index (χ1n) is 6.58. The van der Waals surface area contributed by atoms with E-state index in [-0.39, 0.29) is 12.0 Å². The van der Waals surface area contributed by atoms with Crippen LogP contribution >= 0.6 is 23.4 Å². The lowest BCUT2D eigenvalue weighted by atomic mass is 9.87. The van der Waals surface area contributed by atoms with Crippen LogP contribution in [0.4, 0.5) is 0 Å². The van der Waals surface area contributed by atoms with Crippen LogP contribution < -0.4 is 0 Å². The highest BCUT2D eigenvalue weighted by Crippen LogP contribution is 2.33. The first kappa shape index (κ1) is 15.4. The van der Waals surface area contributed by atoms with Crippen LogP contribution in [0, 0.1) is 0 Å². The highest BCUT2D eigenvalue weighted by molar-refractivity contribution is 7.99. The Balaban J connectivity index is 2.24. The summed E-state index contributed by atoms with van der Waals surface area (Å²) in [7, 11) is 0. The second-order valence-electron chi connectivity index (χ2n) is 5.79. The molecule has 0 heterocycles. The van der Waals surface area contributed by atoms with Gasteiger partial charge in [0.25, 0.3) is 0 Å². The molecule has 2 rings (SSSR count). The first-order chi connectivity index (χ1) is 9.40. The Hall–Kier alpha value is -0.960. The monoisotopic (exact) mass is 306 g/mol. The second kappa shape index (κ2) is 6.21. The molecule has 1 N–H and O–H groups in total. The summed E-state index contributed by atoms with van der Waals surface area (Å²) in [6, 6.07) is 14.1. The van der Waals surface area contributed by atoms with E-state index in [1.807, 2.05) is 12.1 Å². The third-order valence-electron chi connectivity index (χ3n) is 3.15. The van der Waals surface area contributed by atoms with Crippen molar-refractivity contribution in [2.75, 3.05) is 0 Å². The number of halogens is 1. The van der Waals surface area contributed by atoms with Crippen molar-refractivity contribution >= 4 is 23.4 Å². The molecule has 106 valence electrons.